The Labute approximate surface area is 141 Å². The molecule has 1 aromatic rings. The van der Waals surface area contributed by atoms with Crippen LogP contribution in [0.3, 0.4) is 0 Å². The fourth-order valence-corrected chi connectivity index (χ4v) is 10.7. The van der Waals surface area contributed by atoms with Crippen LogP contribution in [0.15, 0.2) is 51.3 Å². The molecule has 2 aliphatic carbocycles. The summed E-state index contributed by atoms with van der Waals surface area (Å²) in [5, 5.41) is 0. The van der Waals surface area contributed by atoms with Gasteiger partial charge in [0.25, 0.3) is 0 Å². The molecule has 0 amide bonds. The zero-order valence-corrected chi connectivity index (χ0v) is 15.4. The first-order chi connectivity index (χ1) is 8.84. The fourth-order valence-electron chi connectivity index (χ4n) is 3.34. The van der Waals surface area contributed by atoms with Gasteiger partial charge in [0.2, 0.25) is 0 Å². The van der Waals surface area contributed by atoms with Crippen LogP contribution in [0.2, 0.25) is 7.75 Å². The normalized spacial score (nSPS) is 25.4. The van der Waals surface area contributed by atoms with E-state index in [1.807, 2.05) is 3.28 Å². The molecule has 2 unspecified atom stereocenters. The van der Waals surface area contributed by atoms with Crippen LogP contribution < -0.4 is 24.8 Å². The van der Waals surface area contributed by atoms with Crippen LogP contribution in [0, 0.1) is 0 Å². The molecule has 3 heteroatoms. The van der Waals surface area contributed by atoms with Gasteiger partial charge in [-0.3, -0.25) is 0 Å². The van der Waals surface area contributed by atoms with Crippen LogP contribution in [0.5, 0.6) is 0 Å². The van der Waals surface area contributed by atoms with E-state index in [1.54, 1.807) is 9.70 Å². The quantitative estimate of drug-likeness (QED) is 0.607. The first-order valence-electron chi connectivity index (χ1n) is 6.87. The molecule has 1 aromatic carbocycles. The predicted molar refractivity (Wildman–Crippen MR) is 73.2 cm³/mol. The minimum Gasteiger partial charge on any atom is -1.00 e. The summed E-state index contributed by atoms with van der Waals surface area (Å²) in [6.07, 6.45) is 10.8. The number of rotatable bonds is 2. The topological polar surface area (TPSA) is 0 Å². The van der Waals surface area contributed by atoms with Crippen LogP contribution in [-0.2, 0) is 21.8 Å². The summed E-state index contributed by atoms with van der Waals surface area (Å²) in [6.45, 7) is 2.47. The van der Waals surface area contributed by atoms with Gasteiger partial charge in [-0.05, 0) is 0 Å². The van der Waals surface area contributed by atoms with E-state index in [2.05, 4.69) is 55.5 Å². The molecule has 1 saturated heterocycles. The zero-order chi connectivity index (χ0) is 12.1. The molecule has 0 bridgehead atoms. The second kappa shape index (κ2) is 6.34. The zero-order valence-electron chi connectivity index (χ0n) is 11.4. The van der Waals surface area contributed by atoms with Crippen LogP contribution in [0.25, 0.3) is 6.08 Å². The molecular weight excluding hydrogens is 366 g/mol. The van der Waals surface area contributed by atoms with Crippen molar-refractivity contribution < 1.29 is 46.6 Å². The maximum absolute atomic E-state index is 2.47. The third-order valence-electron chi connectivity index (χ3n) is 4.45. The Kier molecular flexibility index (Phi) is 5.16. The van der Waals surface area contributed by atoms with Crippen molar-refractivity contribution >= 4 is 6.08 Å². The largest absolute Gasteiger partial charge is 1.00 e. The first-order valence-corrected chi connectivity index (χ1v) is 11.3. The molecular formula is C17H17Cl2Zr. The fraction of sp³-hybridized carbons (Fsp3) is 0.294. The van der Waals surface area contributed by atoms with E-state index in [0.29, 0.717) is 5.92 Å². The summed E-state index contributed by atoms with van der Waals surface area (Å²) in [5.74, 6) is 0.566. The van der Waals surface area contributed by atoms with E-state index < -0.39 is 21.8 Å². The third-order valence-corrected chi connectivity index (χ3v) is 12.3. The molecule has 103 valence electrons. The molecule has 0 saturated carbocycles. The molecule has 1 aliphatic heterocycles. The molecule has 1 fully saturated rings. The second-order valence-corrected chi connectivity index (χ2v) is 13.1. The van der Waals surface area contributed by atoms with Gasteiger partial charge in [0, 0.05) is 0 Å². The molecule has 20 heavy (non-hydrogen) atoms. The molecule has 3 aliphatic rings. The predicted octanol–water partition coefficient (Wildman–Crippen LogP) is -1.12. The van der Waals surface area contributed by atoms with Gasteiger partial charge < -0.3 is 24.8 Å². The molecule has 0 aromatic heterocycles. The molecule has 0 nitrogen and oxygen atoms in total. The summed E-state index contributed by atoms with van der Waals surface area (Å²) < 4.78 is 4.62. The van der Waals surface area contributed by atoms with E-state index in [4.69, 9.17) is 0 Å². The third kappa shape index (κ3) is 2.65. The molecule has 0 N–H and O–H groups in total. The van der Waals surface area contributed by atoms with Crippen LogP contribution in [0.1, 0.15) is 30.4 Å². The minimum atomic E-state index is -1.09. The van der Waals surface area contributed by atoms with Gasteiger partial charge in [0.15, 0.2) is 0 Å². The Morgan fingerprint density at radius 2 is 1.85 bits per heavy atom. The van der Waals surface area contributed by atoms with Gasteiger partial charge in [0.05, 0.1) is 0 Å². The minimum absolute atomic E-state index is 0. The van der Waals surface area contributed by atoms with Gasteiger partial charge in [-0.2, -0.15) is 0 Å². The second-order valence-electron chi connectivity index (χ2n) is 5.64. The van der Waals surface area contributed by atoms with E-state index in [0.717, 1.165) is 3.63 Å². The number of hydrogen-bond donors (Lipinski definition) is 0. The maximum Gasteiger partial charge on any atom is -1.00 e. The van der Waals surface area contributed by atoms with Crippen molar-refractivity contribution in [1.82, 2.24) is 0 Å². The van der Waals surface area contributed by atoms with Crippen LogP contribution in [-0.4, -0.2) is 0 Å². The monoisotopic (exact) mass is 381 g/mol. The summed E-state index contributed by atoms with van der Waals surface area (Å²) in [7, 11) is 0. The summed E-state index contributed by atoms with van der Waals surface area (Å²) >= 11 is -1.09. The number of hydrogen-bond acceptors (Lipinski definition) is 0. The Balaban J connectivity index is 0.000000735. The molecule has 0 radical (unpaired) electrons. The number of fused-ring (bicyclic) bond motifs is 1. The number of allylic oxidation sites excluding steroid dienone is 5. The van der Waals surface area contributed by atoms with Gasteiger partial charge in [-0.1, -0.05) is 0 Å². The van der Waals surface area contributed by atoms with Crippen LogP contribution in [0.4, 0.5) is 0 Å². The van der Waals surface area contributed by atoms with E-state index in [9.17, 15) is 0 Å². The molecule has 2 atom stereocenters. The molecule has 4 rings (SSSR count). The Morgan fingerprint density at radius 3 is 2.60 bits per heavy atom. The van der Waals surface area contributed by atoms with Crippen molar-refractivity contribution in [1.29, 1.82) is 0 Å². The van der Waals surface area contributed by atoms with Crippen molar-refractivity contribution in [2.45, 2.75) is 27.0 Å². The van der Waals surface area contributed by atoms with E-state index in [-0.39, 0.29) is 24.8 Å². The van der Waals surface area contributed by atoms with Crippen LogP contribution >= 0.6 is 0 Å². The average molecular weight is 383 g/mol. The SMILES string of the molecule is C[CH]1[CH2][Zr+2]1[C]1=C(C2C=Cc3ccccc32)C=CC1.[Cl-].[Cl-]. The van der Waals surface area contributed by atoms with Crippen molar-refractivity contribution in [2.24, 2.45) is 0 Å². The Morgan fingerprint density at radius 1 is 1.10 bits per heavy atom. The van der Waals surface area contributed by atoms with Gasteiger partial charge in [-0.25, -0.2) is 0 Å². The summed E-state index contributed by atoms with van der Waals surface area (Å²) in [6, 6.07) is 8.88. The van der Waals surface area contributed by atoms with E-state index >= 15 is 0 Å². The summed E-state index contributed by atoms with van der Waals surface area (Å²) in [5.41, 5.74) is 4.62. The maximum atomic E-state index is 2.47. The smallest absolute Gasteiger partial charge is 1.00 e. The first kappa shape index (κ1) is 16.3. The van der Waals surface area contributed by atoms with E-state index in [1.165, 1.54) is 17.5 Å². The Hall–Kier alpha value is -0.0969. The van der Waals surface area contributed by atoms with Crippen molar-refractivity contribution in [3.63, 3.8) is 0 Å². The van der Waals surface area contributed by atoms with Gasteiger partial charge in [-0.15, -0.1) is 0 Å². The number of benzene rings is 1. The van der Waals surface area contributed by atoms with Gasteiger partial charge in [0.1, 0.15) is 0 Å². The van der Waals surface area contributed by atoms with Crippen molar-refractivity contribution in [3.05, 3.63) is 62.5 Å². The van der Waals surface area contributed by atoms with Crippen molar-refractivity contribution in [2.75, 3.05) is 0 Å². The average Bonchev–Trinajstić information content (AvgIpc) is 2.85. The Bertz CT molecular complexity index is 601. The standard InChI is InChI=1S/C14H11.C3H6.2ClH.Zr/c1-2-6-11(5-1)14-10-9-12-7-3-4-8-13(12)14;1-3-2;;;/h1,3-5,7-10,14H,2H2;3H,1H2,2H3;2*1H;/q;;;;+2/p-2. The number of halogens is 2. The molecule has 1 heterocycles. The summed E-state index contributed by atoms with van der Waals surface area (Å²) in [4.78, 5) is 0. The van der Waals surface area contributed by atoms with Crippen molar-refractivity contribution in [3.8, 4) is 0 Å². The molecule has 0 spiro atoms. The van der Waals surface area contributed by atoms with Gasteiger partial charge >= 0.3 is 117 Å².